The number of hydrogen-bond donors (Lipinski definition) is 1. The molecular weight excluding hydrogens is 226 g/mol. The summed E-state index contributed by atoms with van der Waals surface area (Å²) in [5.41, 5.74) is 2.72. The minimum atomic E-state index is -0.0573. The van der Waals surface area contributed by atoms with Crippen LogP contribution in [0.3, 0.4) is 0 Å². The highest BCUT2D eigenvalue weighted by molar-refractivity contribution is 5.42. The zero-order chi connectivity index (χ0) is 12.4. The summed E-state index contributed by atoms with van der Waals surface area (Å²) in [5.74, 6) is 1.08. The maximum atomic E-state index is 6.33. The van der Waals surface area contributed by atoms with Gasteiger partial charge in [-0.2, -0.15) is 0 Å². The van der Waals surface area contributed by atoms with Crippen LogP contribution in [0, 0.1) is 0 Å². The number of rotatable bonds is 2. The molecule has 0 saturated carbocycles. The van der Waals surface area contributed by atoms with E-state index < -0.39 is 0 Å². The van der Waals surface area contributed by atoms with Gasteiger partial charge in [0.1, 0.15) is 11.4 Å². The maximum absolute atomic E-state index is 6.33. The Kier molecular flexibility index (Phi) is 3.27. The standard InChI is InChI=1S/C15H21NO2/c1-15(6-9-17-10-7-15)18-14-4-2-3-12-11-16-8-5-13(12)14/h2-4,16H,5-11H2,1H3. The third-order valence-corrected chi connectivity index (χ3v) is 4.00. The van der Waals surface area contributed by atoms with E-state index in [1.165, 1.54) is 11.1 Å². The first-order valence-electron chi connectivity index (χ1n) is 6.85. The van der Waals surface area contributed by atoms with Gasteiger partial charge in [-0.3, -0.25) is 0 Å². The highest BCUT2D eigenvalue weighted by Crippen LogP contribution is 2.32. The average molecular weight is 247 g/mol. The fraction of sp³-hybridized carbons (Fsp3) is 0.600. The van der Waals surface area contributed by atoms with Crippen LogP contribution in [0.1, 0.15) is 30.9 Å². The Balaban J connectivity index is 1.83. The summed E-state index contributed by atoms with van der Waals surface area (Å²) in [7, 11) is 0. The molecule has 0 unspecified atom stereocenters. The predicted molar refractivity (Wildman–Crippen MR) is 70.9 cm³/mol. The Morgan fingerprint density at radius 3 is 2.94 bits per heavy atom. The second-order valence-electron chi connectivity index (χ2n) is 5.48. The van der Waals surface area contributed by atoms with E-state index in [1.54, 1.807) is 0 Å². The summed E-state index contributed by atoms with van der Waals surface area (Å²) in [6.07, 6.45) is 3.03. The molecule has 2 aliphatic heterocycles. The van der Waals surface area contributed by atoms with E-state index in [-0.39, 0.29) is 5.60 Å². The number of hydrogen-bond acceptors (Lipinski definition) is 3. The molecule has 0 bridgehead atoms. The number of benzene rings is 1. The summed E-state index contributed by atoms with van der Waals surface area (Å²) in [6.45, 7) is 5.84. The molecule has 3 heteroatoms. The van der Waals surface area contributed by atoms with Gasteiger partial charge in [0.05, 0.1) is 13.2 Å². The largest absolute Gasteiger partial charge is 0.487 e. The molecule has 0 aliphatic carbocycles. The maximum Gasteiger partial charge on any atom is 0.123 e. The SMILES string of the molecule is CC1(Oc2cccc3c2CCNC3)CCOCC1. The Bertz CT molecular complexity index is 425. The molecule has 0 aromatic heterocycles. The van der Waals surface area contributed by atoms with Crippen LogP contribution in [-0.2, 0) is 17.7 Å². The van der Waals surface area contributed by atoms with Gasteiger partial charge in [0.2, 0.25) is 0 Å². The van der Waals surface area contributed by atoms with Crippen molar-refractivity contribution in [3.63, 3.8) is 0 Å². The first-order chi connectivity index (χ1) is 8.77. The summed E-state index contributed by atoms with van der Waals surface area (Å²) >= 11 is 0. The molecule has 2 heterocycles. The van der Waals surface area contributed by atoms with E-state index in [0.717, 1.165) is 51.3 Å². The molecule has 0 radical (unpaired) electrons. The number of nitrogens with one attached hydrogen (secondary N) is 1. The van der Waals surface area contributed by atoms with Crippen LogP contribution in [0.4, 0.5) is 0 Å². The van der Waals surface area contributed by atoms with Crippen LogP contribution in [0.5, 0.6) is 5.75 Å². The first-order valence-corrected chi connectivity index (χ1v) is 6.85. The van der Waals surface area contributed by atoms with Gasteiger partial charge in [-0.05, 0) is 37.1 Å². The summed E-state index contributed by atoms with van der Waals surface area (Å²) in [5, 5.41) is 3.41. The Morgan fingerprint density at radius 1 is 1.28 bits per heavy atom. The molecule has 0 amide bonds. The minimum Gasteiger partial charge on any atom is -0.487 e. The summed E-state index contributed by atoms with van der Waals surface area (Å²) < 4.78 is 11.8. The minimum absolute atomic E-state index is 0.0573. The van der Waals surface area contributed by atoms with Gasteiger partial charge >= 0.3 is 0 Å². The zero-order valence-corrected chi connectivity index (χ0v) is 11.0. The molecule has 1 aromatic rings. The van der Waals surface area contributed by atoms with E-state index in [0.29, 0.717) is 0 Å². The summed E-state index contributed by atoms with van der Waals surface area (Å²) in [4.78, 5) is 0. The lowest BCUT2D eigenvalue weighted by atomic mass is 9.95. The highest BCUT2D eigenvalue weighted by atomic mass is 16.5. The first kappa shape index (κ1) is 12.0. The molecule has 1 aromatic carbocycles. The smallest absolute Gasteiger partial charge is 0.123 e. The van der Waals surface area contributed by atoms with Crippen molar-refractivity contribution in [1.29, 1.82) is 0 Å². The molecule has 0 spiro atoms. The quantitative estimate of drug-likeness (QED) is 0.869. The van der Waals surface area contributed by atoms with E-state index in [4.69, 9.17) is 9.47 Å². The van der Waals surface area contributed by atoms with Crippen LogP contribution < -0.4 is 10.1 Å². The molecule has 2 aliphatic rings. The van der Waals surface area contributed by atoms with Crippen LogP contribution in [0.15, 0.2) is 18.2 Å². The van der Waals surface area contributed by atoms with Crippen LogP contribution in [-0.4, -0.2) is 25.4 Å². The van der Waals surface area contributed by atoms with Crippen LogP contribution in [0.2, 0.25) is 0 Å². The van der Waals surface area contributed by atoms with E-state index in [2.05, 4.69) is 30.4 Å². The molecule has 98 valence electrons. The van der Waals surface area contributed by atoms with Gasteiger partial charge in [-0.15, -0.1) is 0 Å². The van der Waals surface area contributed by atoms with Gasteiger partial charge in [0.25, 0.3) is 0 Å². The van der Waals surface area contributed by atoms with Crippen LogP contribution in [0.25, 0.3) is 0 Å². The molecule has 1 saturated heterocycles. The van der Waals surface area contributed by atoms with Crippen molar-refractivity contribution in [1.82, 2.24) is 5.32 Å². The third kappa shape index (κ3) is 2.38. The van der Waals surface area contributed by atoms with Crippen molar-refractivity contribution in [2.24, 2.45) is 0 Å². The fourth-order valence-corrected chi connectivity index (χ4v) is 2.76. The van der Waals surface area contributed by atoms with Crippen LogP contribution >= 0.6 is 0 Å². The van der Waals surface area contributed by atoms with Gasteiger partial charge < -0.3 is 14.8 Å². The molecule has 1 fully saturated rings. The fourth-order valence-electron chi connectivity index (χ4n) is 2.76. The van der Waals surface area contributed by atoms with Crippen molar-refractivity contribution < 1.29 is 9.47 Å². The Labute approximate surface area is 108 Å². The molecule has 3 rings (SSSR count). The average Bonchev–Trinajstić information content (AvgIpc) is 2.40. The third-order valence-electron chi connectivity index (χ3n) is 4.00. The van der Waals surface area contributed by atoms with E-state index in [9.17, 15) is 0 Å². The number of fused-ring (bicyclic) bond motifs is 1. The van der Waals surface area contributed by atoms with Gasteiger partial charge in [0.15, 0.2) is 0 Å². The zero-order valence-electron chi connectivity index (χ0n) is 11.0. The van der Waals surface area contributed by atoms with Crippen molar-refractivity contribution in [2.45, 2.75) is 38.3 Å². The van der Waals surface area contributed by atoms with E-state index >= 15 is 0 Å². The monoisotopic (exact) mass is 247 g/mol. The van der Waals surface area contributed by atoms with Crippen molar-refractivity contribution >= 4 is 0 Å². The predicted octanol–water partition coefficient (Wildman–Crippen LogP) is 2.28. The second-order valence-corrected chi connectivity index (χ2v) is 5.48. The van der Waals surface area contributed by atoms with Gasteiger partial charge in [-0.25, -0.2) is 0 Å². The molecule has 3 nitrogen and oxygen atoms in total. The summed E-state index contributed by atoms with van der Waals surface area (Å²) in [6, 6.07) is 6.41. The molecule has 18 heavy (non-hydrogen) atoms. The van der Waals surface area contributed by atoms with Crippen molar-refractivity contribution in [2.75, 3.05) is 19.8 Å². The Morgan fingerprint density at radius 2 is 2.11 bits per heavy atom. The lowest BCUT2D eigenvalue weighted by Gasteiger charge is -2.35. The highest BCUT2D eigenvalue weighted by Gasteiger charge is 2.30. The Hall–Kier alpha value is -1.06. The lowest BCUT2D eigenvalue weighted by Crippen LogP contribution is -2.39. The molecular formula is C15H21NO2. The van der Waals surface area contributed by atoms with E-state index in [1.807, 2.05) is 0 Å². The lowest BCUT2D eigenvalue weighted by molar-refractivity contribution is -0.0348. The molecule has 1 N–H and O–H groups in total. The normalized spacial score (nSPS) is 22.3. The van der Waals surface area contributed by atoms with Crippen molar-refractivity contribution in [3.05, 3.63) is 29.3 Å². The van der Waals surface area contributed by atoms with Crippen molar-refractivity contribution in [3.8, 4) is 5.75 Å². The van der Waals surface area contributed by atoms with Gasteiger partial charge in [0, 0.05) is 19.4 Å². The number of ether oxygens (including phenoxy) is 2. The topological polar surface area (TPSA) is 30.5 Å². The van der Waals surface area contributed by atoms with Gasteiger partial charge in [-0.1, -0.05) is 12.1 Å². The second kappa shape index (κ2) is 4.90. The molecule has 0 atom stereocenters.